The number of hydrogen-bond acceptors (Lipinski definition) is 5. The van der Waals surface area contributed by atoms with Gasteiger partial charge in [-0.1, -0.05) is 38.1 Å². The lowest BCUT2D eigenvalue weighted by molar-refractivity contribution is -0.123. The number of anilines is 2. The standard InChI is InChI=1S/C19H19N3O3S/c1-19(2,3)18(24)21-13-7-4-6-12(10-13)20-17(23)14-11-15(25-22-14)16-8-5-9-26-16/h4-11H,1-3H3,(H,20,23)(H,21,24). The smallest absolute Gasteiger partial charge is 0.277 e. The lowest BCUT2D eigenvalue weighted by Gasteiger charge is -2.18. The highest BCUT2D eigenvalue weighted by Crippen LogP contribution is 2.25. The highest BCUT2D eigenvalue weighted by atomic mass is 32.1. The zero-order valence-corrected chi connectivity index (χ0v) is 15.5. The van der Waals surface area contributed by atoms with E-state index in [1.54, 1.807) is 30.3 Å². The van der Waals surface area contributed by atoms with Gasteiger partial charge in [-0.3, -0.25) is 9.59 Å². The van der Waals surface area contributed by atoms with Crippen molar-refractivity contribution < 1.29 is 14.1 Å². The summed E-state index contributed by atoms with van der Waals surface area (Å²) < 4.78 is 5.22. The average molecular weight is 369 g/mol. The Morgan fingerprint density at radius 3 is 2.42 bits per heavy atom. The van der Waals surface area contributed by atoms with E-state index >= 15 is 0 Å². The molecule has 0 fully saturated rings. The van der Waals surface area contributed by atoms with E-state index in [1.165, 1.54) is 11.3 Å². The quantitative estimate of drug-likeness (QED) is 0.702. The molecule has 2 heterocycles. The Morgan fingerprint density at radius 1 is 1.04 bits per heavy atom. The fourth-order valence-corrected chi connectivity index (χ4v) is 2.78. The average Bonchev–Trinajstić information content (AvgIpc) is 3.25. The van der Waals surface area contributed by atoms with Crippen molar-refractivity contribution in [1.29, 1.82) is 0 Å². The SMILES string of the molecule is CC(C)(C)C(=O)Nc1cccc(NC(=O)c2cc(-c3cccs3)on2)c1. The van der Waals surface area contributed by atoms with E-state index in [0.717, 1.165) is 4.88 Å². The molecular weight excluding hydrogens is 350 g/mol. The molecule has 0 unspecified atom stereocenters. The Morgan fingerprint density at radius 2 is 1.77 bits per heavy atom. The fraction of sp³-hybridized carbons (Fsp3) is 0.211. The fourth-order valence-electron chi connectivity index (χ4n) is 2.11. The van der Waals surface area contributed by atoms with Crippen molar-refractivity contribution in [2.24, 2.45) is 5.41 Å². The summed E-state index contributed by atoms with van der Waals surface area (Å²) in [6, 6.07) is 12.4. The largest absolute Gasteiger partial charge is 0.355 e. The highest BCUT2D eigenvalue weighted by Gasteiger charge is 2.21. The minimum Gasteiger partial charge on any atom is -0.355 e. The summed E-state index contributed by atoms with van der Waals surface area (Å²) in [6.45, 7) is 5.51. The van der Waals surface area contributed by atoms with Crippen molar-refractivity contribution in [2.45, 2.75) is 20.8 Å². The van der Waals surface area contributed by atoms with Crippen LogP contribution in [0, 0.1) is 5.41 Å². The first kappa shape index (κ1) is 17.9. The van der Waals surface area contributed by atoms with Gasteiger partial charge in [0.1, 0.15) is 0 Å². The van der Waals surface area contributed by atoms with Gasteiger partial charge in [-0.25, -0.2) is 0 Å². The molecule has 0 aliphatic carbocycles. The molecule has 134 valence electrons. The van der Waals surface area contributed by atoms with Crippen molar-refractivity contribution in [3.05, 3.63) is 53.5 Å². The normalized spacial score (nSPS) is 11.2. The molecule has 0 aliphatic rings. The second kappa shape index (κ2) is 7.13. The minimum absolute atomic E-state index is 0.0990. The number of nitrogens with zero attached hydrogens (tertiary/aromatic N) is 1. The third kappa shape index (κ3) is 4.18. The molecule has 0 atom stereocenters. The van der Waals surface area contributed by atoms with Crippen LogP contribution in [-0.4, -0.2) is 17.0 Å². The predicted octanol–water partition coefficient (Wildman–Crippen LogP) is 4.64. The predicted molar refractivity (Wildman–Crippen MR) is 102 cm³/mol. The molecule has 1 aromatic carbocycles. The first-order chi connectivity index (χ1) is 12.3. The van der Waals surface area contributed by atoms with E-state index in [9.17, 15) is 9.59 Å². The minimum atomic E-state index is -0.502. The summed E-state index contributed by atoms with van der Waals surface area (Å²) in [7, 11) is 0. The van der Waals surface area contributed by atoms with Crippen molar-refractivity contribution in [2.75, 3.05) is 10.6 Å². The molecule has 6 nitrogen and oxygen atoms in total. The Labute approximate surface area is 155 Å². The first-order valence-electron chi connectivity index (χ1n) is 8.06. The summed E-state index contributed by atoms with van der Waals surface area (Å²) in [5.41, 5.74) is 0.861. The van der Waals surface area contributed by atoms with Crippen LogP contribution >= 0.6 is 11.3 Å². The van der Waals surface area contributed by atoms with Crippen LogP contribution < -0.4 is 10.6 Å². The van der Waals surface area contributed by atoms with Crippen molar-refractivity contribution >= 4 is 34.5 Å². The molecule has 26 heavy (non-hydrogen) atoms. The molecule has 0 saturated carbocycles. The van der Waals surface area contributed by atoms with Gasteiger partial charge in [0.25, 0.3) is 5.91 Å². The molecule has 0 bridgehead atoms. The van der Waals surface area contributed by atoms with Gasteiger partial charge >= 0.3 is 0 Å². The van der Waals surface area contributed by atoms with Crippen molar-refractivity contribution in [3.8, 4) is 10.6 Å². The maximum absolute atomic E-state index is 12.4. The third-order valence-electron chi connectivity index (χ3n) is 3.57. The highest BCUT2D eigenvalue weighted by molar-refractivity contribution is 7.13. The van der Waals surface area contributed by atoms with Crippen LogP contribution in [-0.2, 0) is 4.79 Å². The second-order valence-corrected chi connectivity index (χ2v) is 7.74. The molecule has 2 N–H and O–H groups in total. The van der Waals surface area contributed by atoms with E-state index in [1.807, 2.05) is 38.3 Å². The number of carbonyl (C=O) groups is 2. The molecule has 3 rings (SSSR count). The topological polar surface area (TPSA) is 84.2 Å². The molecule has 0 aliphatic heterocycles. The number of nitrogens with one attached hydrogen (secondary N) is 2. The Kier molecular flexibility index (Phi) is 4.90. The van der Waals surface area contributed by atoms with Gasteiger partial charge in [-0.2, -0.15) is 0 Å². The van der Waals surface area contributed by atoms with Crippen LogP contribution in [0.4, 0.5) is 11.4 Å². The number of rotatable bonds is 4. The second-order valence-electron chi connectivity index (χ2n) is 6.79. The summed E-state index contributed by atoms with van der Waals surface area (Å²) in [4.78, 5) is 25.4. The number of amides is 2. The molecule has 2 amide bonds. The van der Waals surface area contributed by atoms with Crippen molar-refractivity contribution in [3.63, 3.8) is 0 Å². The molecule has 0 radical (unpaired) electrons. The zero-order chi connectivity index (χ0) is 18.7. The maximum Gasteiger partial charge on any atom is 0.277 e. The van der Waals surface area contributed by atoms with Crippen LogP contribution in [0.1, 0.15) is 31.3 Å². The lowest BCUT2D eigenvalue weighted by atomic mass is 9.95. The van der Waals surface area contributed by atoms with E-state index < -0.39 is 5.41 Å². The molecule has 2 aromatic heterocycles. The van der Waals surface area contributed by atoms with Gasteiger partial charge < -0.3 is 15.2 Å². The molecule has 7 heteroatoms. The number of carbonyl (C=O) groups excluding carboxylic acids is 2. The van der Waals surface area contributed by atoms with E-state index in [2.05, 4.69) is 15.8 Å². The number of benzene rings is 1. The van der Waals surface area contributed by atoms with Gasteiger partial charge in [0, 0.05) is 22.9 Å². The van der Waals surface area contributed by atoms with Crippen LogP contribution in [0.15, 0.2) is 52.4 Å². The first-order valence-corrected chi connectivity index (χ1v) is 8.94. The third-order valence-corrected chi connectivity index (χ3v) is 4.45. The zero-order valence-electron chi connectivity index (χ0n) is 14.7. The Balaban J connectivity index is 1.70. The molecule has 0 saturated heterocycles. The summed E-state index contributed by atoms with van der Waals surface area (Å²) in [6.07, 6.45) is 0. The number of hydrogen-bond donors (Lipinski definition) is 2. The lowest BCUT2D eigenvalue weighted by Crippen LogP contribution is -2.27. The molecular formula is C19H19N3O3S. The van der Waals surface area contributed by atoms with Gasteiger partial charge in [0.15, 0.2) is 11.5 Å². The van der Waals surface area contributed by atoms with Crippen LogP contribution in [0.2, 0.25) is 0 Å². The van der Waals surface area contributed by atoms with E-state index in [-0.39, 0.29) is 17.5 Å². The van der Waals surface area contributed by atoms with Crippen LogP contribution in [0.5, 0.6) is 0 Å². The van der Waals surface area contributed by atoms with Crippen LogP contribution in [0.3, 0.4) is 0 Å². The van der Waals surface area contributed by atoms with Crippen LogP contribution in [0.25, 0.3) is 10.6 Å². The summed E-state index contributed by atoms with van der Waals surface area (Å²) >= 11 is 1.51. The van der Waals surface area contributed by atoms with Gasteiger partial charge in [0.05, 0.1) is 4.88 Å². The van der Waals surface area contributed by atoms with Crippen molar-refractivity contribution in [1.82, 2.24) is 5.16 Å². The Bertz CT molecular complexity index is 924. The molecule has 0 spiro atoms. The number of thiophene rings is 1. The van der Waals surface area contributed by atoms with E-state index in [4.69, 9.17) is 4.52 Å². The molecule has 3 aromatic rings. The summed E-state index contributed by atoms with van der Waals surface area (Å²) in [5.74, 6) is 0.0743. The van der Waals surface area contributed by atoms with Gasteiger partial charge in [0.2, 0.25) is 5.91 Å². The maximum atomic E-state index is 12.4. The van der Waals surface area contributed by atoms with E-state index in [0.29, 0.717) is 17.1 Å². The Hall–Kier alpha value is -2.93. The monoisotopic (exact) mass is 369 g/mol. The van der Waals surface area contributed by atoms with Gasteiger partial charge in [-0.05, 0) is 29.6 Å². The summed E-state index contributed by atoms with van der Waals surface area (Å²) in [5, 5.41) is 11.3. The van der Waals surface area contributed by atoms with Gasteiger partial charge in [-0.15, -0.1) is 11.3 Å². The number of aromatic nitrogens is 1.